The number of halogens is 1. The van der Waals surface area contributed by atoms with Crippen LogP contribution in [-0.4, -0.2) is 28.5 Å². The minimum Gasteiger partial charge on any atom is -0.461 e. The van der Waals surface area contributed by atoms with Gasteiger partial charge in [-0.05, 0) is 30.7 Å². The van der Waals surface area contributed by atoms with Gasteiger partial charge in [-0.1, -0.05) is 15.9 Å². The lowest BCUT2D eigenvalue weighted by Gasteiger charge is -2.04. The summed E-state index contributed by atoms with van der Waals surface area (Å²) in [5, 5.41) is 3.70. The molecule has 0 atom stereocenters. The Hall–Kier alpha value is -2.54. The van der Waals surface area contributed by atoms with E-state index in [-0.39, 0.29) is 12.5 Å². The Balaban J connectivity index is 2.02. The maximum Gasteiger partial charge on any atom is 0.355 e. The van der Waals surface area contributed by atoms with Gasteiger partial charge in [-0.2, -0.15) is 0 Å². The zero-order valence-electron chi connectivity index (χ0n) is 12.8. The molecule has 6 nitrogen and oxygen atoms in total. The molecule has 0 aliphatic carbocycles. The second kappa shape index (κ2) is 5.52. The van der Waals surface area contributed by atoms with Gasteiger partial charge in [0.05, 0.1) is 17.9 Å². The molecule has 0 unspecified atom stereocenters. The summed E-state index contributed by atoms with van der Waals surface area (Å²) < 4.78 is 6.01. The minimum atomic E-state index is -0.432. The molecule has 0 saturated heterocycles. The number of nitrogens with one attached hydrogen (secondary N) is 3. The Labute approximate surface area is 145 Å². The van der Waals surface area contributed by atoms with Gasteiger partial charge in [-0.25, -0.2) is 4.79 Å². The van der Waals surface area contributed by atoms with Crippen LogP contribution in [0.15, 0.2) is 28.9 Å². The summed E-state index contributed by atoms with van der Waals surface area (Å²) in [6, 6.07) is 5.70. The molecule has 1 aliphatic heterocycles. The number of fused-ring (bicyclic) bond motifs is 5. The summed E-state index contributed by atoms with van der Waals surface area (Å²) in [4.78, 5) is 31.1. The molecule has 7 heteroatoms. The van der Waals surface area contributed by atoms with Crippen LogP contribution in [0.2, 0.25) is 0 Å². The van der Waals surface area contributed by atoms with E-state index in [9.17, 15) is 9.59 Å². The monoisotopic (exact) mass is 387 g/mol. The Morgan fingerprint density at radius 3 is 2.96 bits per heavy atom. The third-order valence-corrected chi connectivity index (χ3v) is 4.61. The number of aromatic nitrogens is 2. The number of H-pyrrole nitrogens is 2. The van der Waals surface area contributed by atoms with Gasteiger partial charge < -0.3 is 20.0 Å². The van der Waals surface area contributed by atoms with Crippen molar-refractivity contribution in [2.75, 3.05) is 6.61 Å². The average Bonchev–Trinajstić information content (AvgIpc) is 3.10. The van der Waals surface area contributed by atoms with E-state index in [4.69, 9.17) is 4.74 Å². The lowest BCUT2D eigenvalue weighted by molar-refractivity contribution is 0.0521. The summed E-state index contributed by atoms with van der Waals surface area (Å²) in [5.41, 5.74) is 3.90. The largest absolute Gasteiger partial charge is 0.461 e. The Morgan fingerprint density at radius 1 is 1.33 bits per heavy atom. The first kappa shape index (κ1) is 15.0. The molecule has 1 amide bonds. The van der Waals surface area contributed by atoms with E-state index in [0.717, 1.165) is 20.9 Å². The third kappa shape index (κ3) is 2.16. The maximum absolute atomic E-state index is 12.6. The molecule has 3 heterocycles. The van der Waals surface area contributed by atoms with E-state index >= 15 is 0 Å². The summed E-state index contributed by atoms with van der Waals surface area (Å²) in [5.74, 6) is -0.598. The van der Waals surface area contributed by atoms with E-state index in [1.54, 1.807) is 13.1 Å². The smallest absolute Gasteiger partial charge is 0.355 e. The van der Waals surface area contributed by atoms with E-state index < -0.39 is 5.97 Å². The highest BCUT2D eigenvalue weighted by molar-refractivity contribution is 9.10. The standard InChI is InChI=1S/C17H14BrN3O3/c1-2-24-17(23)15-12-8(6-19-15)7-20-16(22)13-10-5-9(18)3-4-11(10)21-14(12)13/h3-6,19,21H,2,7H2,1H3,(H,20,22). The summed E-state index contributed by atoms with van der Waals surface area (Å²) >= 11 is 3.44. The van der Waals surface area contributed by atoms with E-state index in [2.05, 4.69) is 31.2 Å². The van der Waals surface area contributed by atoms with E-state index in [0.29, 0.717) is 29.1 Å². The number of benzene rings is 1. The quantitative estimate of drug-likeness (QED) is 0.589. The zero-order valence-corrected chi connectivity index (χ0v) is 14.4. The van der Waals surface area contributed by atoms with Crippen LogP contribution < -0.4 is 5.32 Å². The first-order valence-electron chi connectivity index (χ1n) is 7.57. The average molecular weight is 388 g/mol. The highest BCUT2D eigenvalue weighted by Gasteiger charge is 2.30. The predicted octanol–water partition coefficient (Wildman–Crippen LogP) is 3.35. The molecule has 122 valence electrons. The van der Waals surface area contributed by atoms with E-state index in [1.807, 2.05) is 18.2 Å². The molecule has 2 aromatic heterocycles. The van der Waals surface area contributed by atoms with Crippen LogP contribution >= 0.6 is 15.9 Å². The van der Waals surface area contributed by atoms with Gasteiger partial charge in [0.15, 0.2) is 0 Å². The lowest BCUT2D eigenvalue weighted by atomic mass is 10.0. The van der Waals surface area contributed by atoms with Gasteiger partial charge in [-0.3, -0.25) is 4.79 Å². The fourth-order valence-electron chi connectivity index (χ4n) is 3.10. The van der Waals surface area contributed by atoms with Crippen LogP contribution in [0.5, 0.6) is 0 Å². The molecule has 3 aromatic rings. The van der Waals surface area contributed by atoms with Crippen molar-refractivity contribution in [1.29, 1.82) is 0 Å². The van der Waals surface area contributed by atoms with Crippen LogP contribution in [-0.2, 0) is 11.3 Å². The molecule has 24 heavy (non-hydrogen) atoms. The van der Waals surface area contributed by atoms with Crippen molar-refractivity contribution in [3.05, 3.63) is 45.7 Å². The van der Waals surface area contributed by atoms with Crippen molar-refractivity contribution in [3.8, 4) is 11.3 Å². The Bertz CT molecular complexity index is 987. The molecule has 0 spiro atoms. The fraction of sp³-hybridized carbons (Fsp3) is 0.176. The second-order valence-corrected chi connectivity index (χ2v) is 6.45. The number of hydrogen-bond acceptors (Lipinski definition) is 3. The zero-order chi connectivity index (χ0) is 16.8. The summed E-state index contributed by atoms with van der Waals surface area (Å²) in [6.07, 6.45) is 1.73. The molecule has 0 fully saturated rings. The van der Waals surface area contributed by atoms with Gasteiger partial charge >= 0.3 is 5.97 Å². The van der Waals surface area contributed by atoms with Gasteiger partial charge in [0.2, 0.25) is 0 Å². The SMILES string of the molecule is CCOC(=O)c1[nH]cc2c1-c1[nH]c3ccc(Br)cc3c1C(=O)NC2. The van der Waals surface area contributed by atoms with Gasteiger partial charge in [0, 0.05) is 33.7 Å². The molecular formula is C17H14BrN3O3. The van der Waals surface area contributed by atoms with Crippen LogP contribution in [0.25, 0.3) is 22.2 Å². The molecule has 4 rings (SSSR count). The highest BCUT2D eigenvalue weighted by atomic mass is 79.9. The van der Waals surface area contributed by atoms with Crippen molar-refractivity contribution in [2.45, 2.75) is 13.5 Å². The fourth-order valence-corrected chi connectivity index (χ4v) is 3.47. The maximum atomic E-state index is 12.6. The molecule has 0 radical (unpaired) electrons. The molecular weight excluding hydrogens is 374 g/mol. The minimum absolute atomic E-state index is 0.166. The van der Waals surface area contributed by atoms with Crippen molar-refractivity contribution >= 4 is 38.7 Å². The van der Waals surface area contributed by atoms with Crippen LogP contribution in [0.1, 0.15) is 33.3 Å². The first-order chi connectivity index (χ1) is 11.6. The number of carbonyl (C=O) groups excluding carboxylic acids is 2. The first-order valence-corrected chi connectivity index (χ1v) is 8.36. The van der Waals surface area contributed by atoms with Crippen molar-refractivity contribution in [1.82, 2.24) is 15.3 Å². The number of aromatic amines is 2. The van der Waals surface area contributed by atoms with Crippen molar-refractivity contribution in [3.63, 3.8) is 0 Å². The number of carbonyl (C=O) groups is 2. The van der Waals surface area contributed by atoms with Gasteiger partial charge in [-0.15, -0.1) is 0 Å². The molecule has 3 N–H and O–H groups in total. The van der Waals surface area contributed by atoms with Gasteiger partial charge in [0.1, 0.15) is 5.69 Å². The highest BCUT2D eigenvalue weighted by Crippen LogP contribution is 2.37. The van der Waals surface area contributed by atoms with Crippen molar-refractivity contribution in [2.24, 2.45) is 0 Å². The summed E-state index contributed by atoms with van der Waals surface area (Å²) in [7, 11) is 0. The van der Waals surface area contributed by atoms with Crippen molar-refractivity contribution < 1.29 is 14.3 Å². The lowest BCUT2D eigenvalue weighted by Crippen LogP contribution is -2.20. The normalized spacial score (nSPS) is 13.2. The number of rotatable bonds is 2. The van der Waals surface area contributed by atoms with Crippen LogP contribution in [0, 0.1) is 0 Å². The van der Waals surface area contributed by atoms with E-state index in [1.165, 1.54) is 0 Å². The number of hydrogen-bond donors (Lipinski definition) is 3. The molecule has 1 aromatic carbocycles. The third-order valence-electron chi connectivity index (χ3n) is 4.12. The van der Waals surface area contributed by atoms with Gasteiger partial charge in [0.25, 0.3) is 5.91 Å². The predicted molar refractivity (Wildman–Crippen MR) is 92.9 cm³/mol. The second-order valence-electron chi connectivity index (χ2n) is 5.53. The Morgan fingerprint density at radius 2 is 2.17 bits per heavy atom. The summed E-state index contributed by atoms with van der Waals surface area (Å²) in [6.45, 7) is 2.40. The molecule has 0 bridgehead atoms. The van der Waals surface area contributed by atoms with Crippen LogP contribution in [0.4, 0.5) is 0 Å². The Kier molecular flexibility index (Phi) is 3.45. The molecule has 0 saturated carbocycles. The number of ether oxygens (including phenoxy) is 1. The number of esters is 1. The van der Waals surface area contributed by atoms with Crippen LogP contribution in [0.3, 0.4) is 0 Å². The number of amides is 1. The topological polar surface area (TPSA) is 87.0 Å². The molecule has 1 aliphatic rings.